The van der Waals surface area contributed by atoms with Crippen LogP contribution in [0.3, 0.4) is 0 Å². The highest BCUT2D eigenvalue weighted by atomic mass is 19.4. The molecule has 6 heteroatoms. The lowest BCUT2D eigenvalue weighted by Gasteiger charge is -2.06. The van der Waals surface area contributed by atoms with Crippen LogP contribution in [-0.2, 0) is 9.59 Å². The number of nitrogens with one attached hydrogen (secondary N) is 1. The maximum Gasteiger partial charge on any atom is 0.389 e. The fourth-order valence-electron chi connectivity index (χ4n) is 0.967. The lowest BCUT2D eigenvalue weighted by atomic mass is 10.2. The molecule has 15 heavy (non-hydrogen) atoms. The topological polar surface area (TPSA) is 46.2 Å². The van der Waals surface area contributed by atoms with E-state index in [1.54, 1.807) is 0 Å². The van der Waals surface area contributed by atoms with Gasteiger partial charge in [0, 0.05) is 13.0 Å². The van der Waals surface area contributed by atoms with Crippen LogP contribution in [0.25, 0.3) is 0 Å². The summed E-state index contributed by atoms with van der Waals surface area (Å²) in [5.74, 6) is -0.697. The van der Waals surface area contributed by atoms with Gasteiger partial charge in [-0.15, -0.1) is 0 Å². The van der Waals surface area contributed by atoms with Crippen molar-refractivity contribution in [1.29, 1.82) is 0 Å². The molecule has 0 atom stereocenters. The minimum atomic E-state index is -4.14. The summed E-state index contributed by atoms with van der Waals surface area (Å²) < 4.78 is 35.0. The highest BCUT2D eigenvalue weighted by Crippen LogP contribution is 2.21. The summed E-state index contributed by atoms with van der Waals surface area (Å²) in [4.78, 5) is 21.3. The van der Waals surface area contributed by atoms with Gasteiger partial charge < -0.3 is 5.32 Å². The summed E-state index contributed by atoms with van der Waals surface area (Å²) in [6, 6.07) is 0. The van der Waals surface area contributed by atoms with Crippen molar-refractivity contribution in [1.82, 2.24) is 5.32 Å². The van der Waals surface area contributed by atoms with Gasteiger partial charge in [0.2, 0.25) is 5.91 Å². The number of unbranched alkanes of at least 4 members (excludes halogenated alkanes) is 1. The zero-order valence-electron chi connectivity index (χ0n) is 8.49. The van der Waals surface area contributed by atoms with E-state index < -0.39 is 18.5 Å². The zero-order valence-corrected chi connectivity index (χ0v) is 8.49. The molecule has 0 aromatic rings. The van der Waals surface area contributed by atoms with Crippen LogP contribution in [0.4, 0.5) is 13.2 Å². The Morgan fingerprint density at radius 1 is 1.20 bits per heavy atom. The van der Waals surface area contributed by atoms with E-state index >= 15 is 0 Å². The lowest BCUT2D eigenvalue weighted by Crippen LogP contribution is -2.26. The molecule has 0 aliphatic heterocycles. The molecule has 3 nitrogen and oxygen atoms in total. The van der Waals surface area contributed by atoms with Gasteiger partial charge in [0.1, 0.15) is 5.78 Å². The average Bonchev–Trinajstić information content (AvgIpc) is 1.99. The van der Waals surface area contributed by atoms with Crippen molar-refractivity contribution in [2.45, 2.75) is 38.8 Å². The number of hydrogen-bond acceptors (Lipinski definition) is 2. The molecule has 0 aliphatic rings. The van der Waals surface area contributed by atoms with Gasteiger partial charge in [-0.05, 0) is 19.8 Å². The molecule has 0 aromatic carbocycles. The van der Waals surface area contributed by atoms with E-state index in [0.717, 1.165) is 0 Å². The quantitative estimate of drug-likeness (QED) is 0.553. The molecule has 88 valence electrons. The molecule has 0 saturated heterocycles. The van der Waals surface area contributed by atoms with Gasteiger partial charge in [0.25, 0.3) is 0 Å². The van der Waals surface area contributed by atoms with Crippen molar-refractivity contribution in [2.75, 3.05) is 6.54 Å². The fourth-order valence-corrected chi connectivity index (χ4v) is 0.967. The number of Topliss-reactive ketones (excluding diaryl/α,β-unsaturated/α-hetero) is 1. The predicted molar refractivity (Wildman–Crippen MR) is 48.2 cm³/mol. The van der Waals surface area contributed by atoms with E-state index in [4.69, 9.17) is 0 Å². The van der Waals surface area contributed by atoms with E-state index in [-0.39, 0.29) is 31.6 Å². The maximum absolute atomic E-state index is 11.7. The molecule has 0 spiro atoms. The summed E-state index contributed by atoms with van der Waals surface area (Å²) in [7, 11) is 0. The molecule has 1 N–H and O–H groups in total. The summed E-state index contributed by atoms with van der Waals surface area (Å²) in [6.45, 7) is 1.46. The Morgan fingerprint density at radius 2 is 1.80 bits per heavy atom. The van der Waals surface area contributed by atoms with Gasteiger partial charge in [-0.25, -0.2) is 0 Å². The molecule has 0 radical (unpaired) electrons. The fraction of sp³-hybridized carbons (Fsp3) is 0.778. The molecule has 0 aliphatic carbocycles. The number of amides is 1. The van der Waals surface area contributed by atoms with Gasteiger partial charge in [0.15, 0.2) is 0 Å². The number of alkyl halides is 3. The molecule has 0 rings (SSSR count). The first-order valence-electron chi connectivity index (χ1n) is 4.64. The van der Waals surface area contributed by atoms with Crippen LogP contribution in [-0.4, -0.2) is 24.4 Å². The number of rotatable bonds is 6. The van der Waals surface area contributed by atoms with Crippen LogP contribution in [0.15, 0.2) is 0 Å². The molecule has 0 bridgehead atoms. The first kappa shape index (κ1) is 13.9. The monoisotopic (exact) mass is 225 g/mol. The second-order valence-electron chi connectivity index (χ2n) is 3.30. The van der Waals surface area contributed by atoms with E-state index in [1.165, 1.54) is 6.92 Å². The molecule has 0 saturated carbocycles. The Morgan fingerprint density at radius 3 is 2.27 bits per heavy atom. The summed E-state index contributed by atoms with van der Waals surface area (Å²) in [5.41, 5.74) is 0. The number of ketones is 1. The van der Waals surface area contributed by atoms with Gasteiger partial charge in [-0.2, -0.15) is 13.2 Å². The Hall–Kier alpha value is -1.07. The third kappa shape index (κ3) is 10.9. The van der Waals surface area contributed by atoms with Crippen LogP contribution in [0.5, 0.6) is 0 Å². The van der Waals surface area contributed by atoms with E-state index in [9.17, 15) is 22.8 Å². The number of hydrogen-bond donors (Lipinski definition) is 1. The number of carbonyl (C=O) groups is 2. The largest absolute Gasteiger partial charge is 0.389 e. The molecular weight excluding hydrogens is 211 g/mol. The average molecular weight is 225 g/mol. The Kier molecular flexibility index (Phi) is 5.96. The van der Waals surface area contributed by atoms with Crippen molar-refractivity contribution in [3.8, 4) is 0 Å². The first-order valence-corrected chi connectivity index (χ1v) is 4.64. The summed E-state index contributed by atoms with van der Waals surface area (Å²) in [6.07, 6.45) is -4.93. The highest BCUT2D eigenvalue weighted by molar-refractivity contribution is 5.96. The summed E-state index contributed by atoms with van der Waals surface area (Å²) in [5, 5.41) is 2.37. The second kappa shape index (κ2) is 6.42. The Bertz CT molecular complexity index is 226. The van der Waals surface area contributed by atoms with Gasteiger partial charge >= 0.3 is 6.18 Å². The predicted octanol–water partition coefficient (Wildman–Crippen LogP) is 1.81. The van der Waals surface area contributed by atoms with E-state index in [2.05, 4.69) is 5.32 Å². The van der Waals surface area contributed by atoms with Gasteiger partial charge in [0.05, 0.1) is 6.42 Å². The van der Waals surface area contributed by atoms with Crippen molar-refractivity contribution in [3.63, 3.8) is 0 Å². The SMILES string of the molecule is CC(=O)CC(=O)NCCCCC(F)(F)F. The van der Waals surface area contributed by atoms with Gasteiger partial charge in [-0.1, -0.05) is 0 Å². The van der Waals surface area contributed by atoms with Crippen molar-refractivity contribution >= 4 is 11.7 Å². The Balaban J connectivity index is 3.39. The van der Waals surface area contributed by atoms with Crippen molar-refractivity contribution in [3.05, 3.63) is 0 Å². The number of carbonyl (C=O) groups excluding carboxylic acids is 2. The summed E-state index contributed by atoms with van der Waals surface area (Å²) >= 11 is 0. The highest BCUT2D eigenvalue weighted by Gasteiger charge is 2.25. The number of halogens is 3. The van der Waals surface area contributed by atoms with Crippen LogP contribution in [0.2, 0.25) is 0 Å². The third-order valence-electron chi connectivity index (χ3n) is 1.62. The molecule has 0 heterocycles. The van der Waals surface area contributed by atoms with Crippen LogP contribution < -0.4 is 5.32 Å². The van der Waals surface area contributed by atoms with Crippen molar-refractivity contribution < 1.29 is 22.8 Å². The van der Waals surface area contributed by atoms with E-state index in [0.29, 0.717) is 0 Å². The van der Waals surface area contributed by atoms with Crippen molar-refractivity contribution in [2.24, 2.45) is 0 Å². The van der Waals surface area contributed by atoms with Crippen LogP contribution in [0, 0.1) is 0 Å². The first-order chi connectivity index (χ1) is 6.81. The normalized spacial score (nSPS) is 11.2. The standard InChI is InChI=1S/C9H14F3NO2/c1-7(14)6-8(15)13-5-3-2-4-9(10,11)12/h2-6H2,1H3,(H,13,15). The lowest BCUT2D eigenvalue weighted by molar-refractivity contribution is -0.135. The second-order valence-corrected chi connectivity index (χ2v) is 3.30. The van der Waals surface area contributed by atoms with Crippen LogP contribution >= 0.6 is 0 Å². The smallest absolute Gasteiger partial charge is 0.356 e. The third-order valence-corrected chi connectivity index (χ3v) is 1.62. The zero-order chi connectivity index (χ0) is 11.9. The van der Waals surface area contributed by atoms with Crippen LogP contribution in [0.1, 0.15) is 32.6 Å². The minimum Gasteiger partial charge on any atom is -0.356 e. The van der Waals surface area contributed by atoms with Gasteiger partial charge in [-0.3, -0.25) is 9.59 Å². The van der Waals surface area contributed by atoms with E-state index in [1.807, 2.05) is 0 Å². The molecular formula is C9H14F3NO2. The molecule has 0 unspecified atom stereocenters. The molecule has 0 fully saturated rings. The molecule has 1 amide bonds. The Labute approximate surface area is 86.0 Å². The minimum absolute atomic E-state index is 0.0101. The molecule has 0 aromatic heterocycles. The maximum atomic E-state index is 11.7.